The maximum absolute atomic E-state index is 2.33. The van der Waals surface area contributed by atoms with E-state index in [-0.39, 0.29) is 16.9 Å². The summed E-state index contributed by atoms with van der Waals surface area (Å²) >= 11 is 0. The first-order chi connectivity index (χ1) is 15.8. The molecule has 3 aromatic rings. The van der Waals surface area contributed by atoms with Gasteiger partial charge in [-0.15, -0.1) is 0 Å². The van der Waals surface area contributed by atoms with E-state index in [0.29, 0.717) is 0 Å². The van der Waals surface area contributed by atoms with Crippen molar-refractivity contribution in [1.29, 1.82) is 0 Å². The SMILES string of the molecule is CN(c1ccc(C(C)(C)c2ccccc2)cc1)C1C=CC=C(C(C)(C)c2ccccc2)C=C1. The van der Waals surface area contributed by atoms with Crippen molar-refractivity contribution >= 4 is 5.69 Å². The van der Waals surface area contributed by atoms with Gasteiger partial charge in [0.15, 0.2) is 0 Å². The van der Waals surface area contributed by atoms with E-state index in [2.05, 4.69) is 155 Å². The topological polar surface area (TPSA) is 3.24 Å². The van der Waals surface area contributed by atoms with Crippen LogP contribution in [0.25, 0.3) is 0 Å². The lowest BCUT2D eigenvalue weighted by Gasteiger charge is -2.29. The number of benzene rings is 3. The van der Waals surface area contributed by atoms with Crippen molar-refractivity contribution in [3.8, 4) is 0 Å². The highest BCUT2D eigenvalue weighted by Crippen LogP contribution is 2.35. The Bertz CT molecular complexity index is 1150. The van der Waals surface area contributed by atoms with Crippen molar-refractivity contribution in [3.63, 3.8) is 0 Å². The van der Waals surface area contributed by atoms with E-state index < -0.39 is 0 Å². The Labute approximate surface area is 199 Å². The zero-order chi connectivity index (χ0) is 23.5. The van der Waals surface area contributed by atoms with Gasteiger partial charge in [0.2, 0.25) is 0 Å². The van der Waals surface area contributed by atoms with Crippen LogP contribution in [0, 0.1) is 0 Å². The van der Waals surface area contributed by atoms with Crippen molar-refractivity contribution in [1.82, 2.24) is 0 Å². The average Bonchev–Trinajstić information content (AvgIpc) is 3.12. The molecular formula is C32H35N. The normalized spacial score (nSPS) is 16.3. The molecule has 0 bridgehead atoms. The van der Waals surface area contributed by atoms with Crippen LogP contribution in [0.1, 0.15) is 44.4 Å². The molecule has 0 aromatic heterocycles. The second-order valence-electron chi connectivity index (χ2n) is 10.00. The van der Waals surface area contributed by atoms with Gasteiger partial charge in [-0.05, 0) is 34.4 Å². The van der Waals surface area contributed by atoms with Crippen LogP contribution in [-0.2, 0) is 10.8 Å². The molecule has 1 heteroatoms. The molecule has 0 saturated carbocycles. The number of hydrogen-bond acceptors (Lipinski definition) is 1. The monoisotopic (exact) mass is 433 g/mol. The van der Waals surface area contributed by atoms with Crippen molar-refractivity contribution < 1.29 is 0 Å². The molecule has 0 saturated heterocycles. The highest BCUT2D eigenvalue weighted by Gasteiger charge is 2.25. The predicted molar refractivity (Wildman–Crippen MR) is 143 cm³/mol. The molecule has 168 valence electrons. The predicted octanol–water partition coefficient (Wildman–Crippen LogP) is 7.85. The largest absolute Gasteiger partial charge is 0.365 e. The number of allylic oxidation sites excluding steroid dienone is 4. The van der Waals surface area contributed by atoms with Gasteiger partial charge in [0, 0.05) is 23.6 Å². The van der Waals surface area contributed by atoms with Crippen LogP contribution < -0.4 is 4.90 Å². The van der Waals surface area contributed by atoms with Crippen molar-refractivity contribution in [3.05, 3.63) is 138 Å². The summed E-state index contributed by atoms with van der Waals surface area (Å²) < 4.78 is 0. The lowest BCUT2D eigenvalue weighted by Crippen LogP contribution is -2.28. The van der Waals surface area contributed by atoms with E-state index >= 15 is 0 Å². The molecule has 1 atom stereocenters. The molecule has 0 aliphatic heterocycles. The van der Waals surface area contributed by atoms with Gasteiger partial charge in [0.05, 0.1) is 6.04 Å². The highest BCUT2D eigenvalue weighted by molar-refractivity contribution is 5.54. The van der Waals surface area contributed by atoms with E-state index in [1.54, 1.807) is 0 Å². The van der Waals surface area contributed by atoms with E-state index in [4.69, 9.17) is 0 Å². The van der Waals surface area contributed by atoms with Crippen LogP contribution in [0.15, 0.2) is 121 Å². The Hall–Kier alpha value is -3.32. The quantitative estimate of drug-likeness (QED) is 0.382. The van der Waals surface area contributed by atoms with E-state index in [1.807, 2.05) is 0 Å². The third kappa shape index (κ3) is 4.73. The molecule has 1 unspecified atom stereocenters. The fraction of sp³-hybridized carbons (Fsp3) is 0.250. The van der Waals surface area contributed by atoms with Gasteiger partial charge in [-0.3, -0.25) is 0 Å². The molecule has 0 radical (unpaired) electrons. The van der Waals surface area contributed by atoms with Gasteiger partial charge in [-0.2, -0.15) is 0 Å². The molecule has 0 fully saturated rings. The molecule has 0 amide bonds. The number of anilines is 1. The first-order valence-electron chi connectivity index (χ1n) is 11.8. The molecule has 33 heavy (non-hydrogen) atoms. The van der Waals surface area contributed by atoms with Crippen molar-refractivity contribution in [2.45, 2.75) is 44.6 Å². The maximum Gasteiger partial charge on any atom is 0.0660 e. The van der Waals surface area contributed by atoms with Gasteiger partial charge >= 0.3 is 0 Å². The van der Waals surface area contributed by atoms with Gasteiger partial charge in [-0.25, -0.2) is 0 Å². The standard InChI is InChI=1S/C32H35N/c1-31(2,25-13-8-6-9-14-25)27-17-12-18-29(22-19-27)33(5)30-23-20-28(21-24-30)32(3,4)26-15-10-7-11-16-26/h6-24,29H,1-5H3. The van der Waals surface area contributed by atoms with Crippen LogP contribution in [0.4, 0.5) is 5.69 Å². The van der Waals surface area contributed by atoms with Crippen LogP contribution in [0.2, 0.25) is 0 Å². The Morgan fingerprint density at radius 1 is 0.606 bits per heavy atom. The Morgan fingerprint density at radius 3 is 1.70 bits per heavy atom. The number of rotatable bonds is 6. The first kappa shape index (κ1) is 22.9. The van der Waals surface area contributed by atoms with Gasteiger partial charge in [-0.1, -0.05) is 131 Å². The number of nitrogens with zero attached hydrogens (tertiary/aromatic N) is 1. The Morgan fingerprint density at radius 2 is 1.12 bits per heavy atom. The Kier molecular flexibility index (Phi) is 6.42. The number of likely N-dealkylation sites (N-methyl/N-ethyl adjacent to an activating group) is 1. The molecule has 3 aromatic carbocycles. The Balaban J connectivity index is 1.51. The van der Waals surface area contributed by atoms with Crippen molar-refractivity contribution in [2.24, 2.45) is 0 Å². The second kappa shape index (κ2) is 9.27. The lowest BCUT2D eigenvalue weighted by molar-refractivity contribution is 0.639. The lowest BCUT2D eigenvalue weighted by atomic mass is 9.77. The third-order valence-electron chi connectivity index (χ3n) is 7.21. The number of hydrogen-bond donors (Lipinski definition) is 0. The minimum atomic E-state index is -0.0414. The molecule has 0 spiro atoms. The molecule has 1 nitrogen and oxygen atoms in total. The summed E-state index contributed by atoms with van der Waals surface area (Å²) in [4.78, 5) is 2.33. The molecule has 0 heterocycles. The summed E-state index contributed by atoms with van der Waals surface area (Å²) in [5.74, 6) is 0. The van der Waals surface area contributed by atoms with Crippen LogP contribution >= 0.6 is 0 Å². The summed E-state index contributed by atoms with van der Waals surface area (Å²) in [6.07, 6.45) is 11.3. The zero-order valence-corrected chi connectivity index (χ0v) is 20.5. The van der Waals surface area contributed by atoms with Crippen LogP contribution in [0.5, 0.6) is 0 Å². The molecule has 0 N–H and O–H groups in total. The summed E-state index contributed by atoms with van der Waals surface area (Å²) in [6, 6.07) is 30.7. The zero-order valence-electron chi connectivity index (χ0n) is 20.5. The van der Waals surface area contributed by atoms with E-state index in [9.17, 15) is 0 Å². The average molecular weight is 434 g/mol. The molecule has 1 aliphatic carbocycles. The maximum atomic E-state index is 2.33. The minimum absolute atomic E-state index is 0.0255. The van der Waals surface area contributed by atoms with E-state index in [1.165, 1.54) is 28.0 Å². The first-order valence-corrected chi connectivity index (χ1v) is 11.8. The fourth-order valence-corrected chi connectivity index (χ4v) is 4.60. The molecule has 4 rings (SSSR count). The van der Waals surface area contributed by atoms with E-state index in [0.717, 1.165) is 0 Å². The third-order valence-corrected chi connectivity index (χ3v) is 7.21. The minimum Gasteiger partial charge on any atom is -0.365 e. The summed E-state index contributed by atoms with van der Waals surface area (Å²) in [6.45, 7) is 9.17. The summed E-state index contributed by atoms with van der Waals surface area (Å²) in [5, 5.41) is 0. The summed E-state index contributed by atoms with van der Waals surface area (Å²) in [7, 11) is 2.17. The van der Waals surface area contributed by atoms with Crippen LogP contribution in [0.3, 0.4) is 0 Å². The van der Waals surface area contributed by atoms with Crippen molar-refractivity contribution in [2.75, 3.05) is 11.9 Å². The fourth-order valence-electron chi connectivity index (χ4n) is 4.60. The van der Waals surface area contributed by atoms with Gasteiger partial charge < -0.3 is 4.90 Å². The molecular weight excluding hydrogens is 398 g/mol. The van der Waals surface area contributed by atoms with Gasteiger partial charge in [0.25, 0.3) is 0 Å². The molecule has 1 aliphatic rings. The smallest absolute Gasteiger partial charge is 0.0660 e. The van der Waals surface area contributed by atoms with Crippen LogP contribution in [-0.4, -0.2) is 13.1 Å². The highest BCUT2D eigenvalue weighted by atomic mass is 15.1. The summed E-state index contributed by atoms with van der Waals surface area (Å²) in [5.41, 5.74) is 6.46. The van der Waals surface area contributed by atoms with Gasteiger partial charge in [0.1, 0.15) is 0 Å². The second-order valence-corrected chi connectivity index (χ2v) is 10.00.